The van der Waals surface area contributed by atoms with Crippen molar-refractivity contribution in [2.24, 2.45) is 0 Å². The van der Waals surface area contributed by atoms with Gasteiger partial charge in [-0.2, -0.15) is 0 Å². The van der Waals surface area contributed by atoms with Gasteiger partial charge in [-0.15, -0.1) is 0 Å². The summed E-state index contributed by atoms with van der Waals surface area (Å²) in [7, 11) is 1.67. The lowest BCUT2D eigenvalue weighted by molar-refractivity contribution is 0.0000910. The van der Waals surface area contributed by atoms with Gasteiger partial charge < -0.3 is 9.47 Å². The molecule has 156 valence electrons. The van der Waals surface area contributed by atoms with Crippen LogP contribution in [0.2, 0.25) is 5.15 Å². The third-order valence-corrected chi connectivity index (χ3v) is 5.60. The monoisotopic (exact) mass is 429 g/mol. The predicted octanol–water partition coefficient (Wildman–Crippen LogP) is 6.56. The van der Waals surface area contributed by atoms with Gasteiger partial charge in [-0.1, -0.05) is 90.0 Å². The van der Waals surface area contributed by atoms with E-state index in [1.165, 1.54) is 5.56 Å². The third-order valence-electron chi connectivity index (χ3n) is 5.38. The van der Waals surface area contributed by atoms with Crippen molar-refractivity contribution in [1.29, 1.82) is 0 Å². The van der Waals surface area contributed by atoms with Crippen LogP contribution in [-0.4, -0.2) is 12.1 Å². The van der Waals surface area contributed by atoms with Crippen LogP contribution in [-0.2, 0) is 16.9 Å². The quantitative estimate of drug-likeness (QED) is 0.246. The Morgan fingerprint density at radius 3 is 1.97 bits per heavy atom. The van der Waals surface area contributed by atoms with Gasteiger partial charge in [0, 0.05) is 6.20 Å². The molecule has 0 aliphatic heterocycles. The topological polar surface area (TPSA) is 31.4 Å². The van der Waals surface area contributed by atoms with Crippen molar-refractivity contribution in [3.05, 3.63) is 130 Å². The van der Waals surface area contributed by atoms with Crippen molar-refractivity contribution in [2.75, 3.05) is 7.11 Å². The molecule has 0 radical (unpaired) electrons. The lowest BCUT2D eigenvalue weighted by Gasteiger charge is -2.36. The van der Waals surface area contributed by atoms with E-state index in [9.17, 15) is 0 Å². The molecule has 0 bridgehead atoms. The smallest absolute Gasteiger partial charge is 0.144 e. The summed E-state index contributed by atoms with van der Waals surface area (Å²) in [5, 5.41) is 0.465. The molecule has 0 fully saturated rings. The maximum atomic E-state index is 6.80. The molecule has 1 atom stereocenters. The van der Waals surface area contributed by atoms with Crippen LogP contribution in [0.1, 0.15) is 27.8 Å². The van der Waals surface area contributed by atoms with Gasteiger partial charge in [0.2, 0.25) is 0 Å². The lowest BCUT2D eigenvalue weighted by Crippen LogP contribution is -2.32. The summed E-state index contributed by atoms with van der Waals surface area (Å²) in [6.07, 6.45) is 1.75. The van der Waals surface area contributed by atoms with E-state index in [1.807, 2.05) is 36.4 Å². The summed E-state index contributed by atoms with van der Waals surface area (Å²) in [4.78, 5) is 4.20. The van der Waals surface area contributed by atoms with Gasteiger partial charge in [-0.3, -0.25) is 0 Å². The van der Waals surface area contributed by atoms with E-state index in [1.54, 1.807) is 19.4 Å². The highest BCUT2D eigenvalue weighted by Gasteiger charge is 2.37. The van der Waals surface area contributed by atoms with Crippen LogP contribution in [0.25, 0.3) is 0 Å². The second kappa shape index (κ2) is 9.34. The number of hydrogen-bond acceptors (Lipinski definition) is 3. The summed E-state index contributed by atoms with van der Waals surface area (Å²) in [6.45, 7) is 2.46. The van der Waals surface area contributed by atoms with Gasteiger partial charge in [-0.25, -0.2) is 4.98 Å². The second-order valence-corrected chi connectivity index (χ2v) is 7.81. The zero-order valence-electron chi connectivity index (χ0n) is 17.6. The molecule has 0 amide bonds. The molecule has 0 saturated heterocycles. The van der Waals surface area contributed by atoms with Crippen LogP contribution >= 0.6 is 11.6 Å². The molecule has 1 unspecified atom stereocenters. The van der Waals surface area contributed by atoms with Gasteiger partial charge in [-0.05, 0) is 47.4 Å². The number of aryl methyl sites for hydroxylation is 1. The number of pyridine rings is 1. The van der Waals surface area contributed by atoms with Gasteiger partial charge in [0.15, 0.2) is 0 Å². The Labute approximate surface area is 188 Å². The van der Waals surface area contributed by atoms with Crippen molar-refractivity contribution in [3.8, 4) is 5.75 Å². The van der Waals surface area contributed by atoms with Gasteiger partial charge in [0.1, 0.15) is 16.5 Å². The van der Waals surface area contributed by atoms with E-state index in [2.05, 4.69) is 60.4 Å². The fourth-order valence-corrected chi connectivity index (χ4v) is 3.83. The number of rotatable bonds is 7. The first kappa shape index (κ1) is 21.1. The number of nitrogens with zero attached hydrogens (tertiary/aromatic N) is 1. The van der Waals surface area contributed by atoms with Crippen molar-refractivity contribution < 1.29 is 9.47 Å². The molecule has 0 aliphatic rings. The molecule has 31 heavy (non-hydrogen) atoms. The molecule has 0 spiro atoms. The summed E-state index contributed by atoms with van der Waals surface area (Å²) in [6, 6.07) is 30.6. The fraction of sp³-hybridized carbons (Fsp3) is 0.148. The van der Waals surface area contributed by atoms with Crippen LogP contribution in [0.3, 0.4) is 0 Å². The number of hydrogen-bond donors (Lipinski definition) is 0. The molecular weight excluding hydrogens is 406 g/mol. The molecule has 1 heterocycles. The van der Waals surface area contributed by atoms with Crippen molar-refractivity contribution in [2.45, 2.75) is 19.1 Å². The van der Waals surface area contributed by atoms with Gasteiger partial charge >= 0.3 is 0 Å². The maximum absolute atomic E-state index is 6.80. The first-order valence-corrected chi connectivity index (χ1v) is 10.5. The van der Waals surface area contributed by atoms with Gasteiger partial charge in [0.25, 0.3) is 0 Å². The maximum Gasteiger partial charge on any atom is 0.144 e. The first-order valence-electron chi connectivity index (χ1n) is 10.1. The minimum atomic E-state index is -0.805. The predicted molar refractivity (Wildman–Crippen MR) is 125 cm³/mol. The number of ether oxygens (including phenoxy) is 2. The summed E-state index contributed by atoms with van der Waals surface area (Å²) in [5.41, 5.74) is 4.46. The van der Waals surface area contributed by atoms with E-state index in [4.69, 9.17) is 21.1 Å². The largest absolute Gasteiger partial charge is 0.497 e. The Morgan fingerprint density at radius 1 is 0.774 bits per heavy atom. The molecule has 0 N–H and O–H groups in total. The average Bonchev–Trinajstić information content (AvgIpc) is 2.82. The molecule has 0 aliphatic carbocycles. The zero-order valence-corrected chi connectivity index (χ0v) is 18.3. The molecule has 1 aromatic heterocycles. The van der Waals surface area contributed by atoms with Crippen molar-refractivity contribution in [1.82, 2.24) is 4.98 Å². The Kier molecular flexibility index (Phi) is 6.36. The average molecular weight is 430 g/mol. The van der Waals surface area contributed by atoms with Gasteiger partial charge in [0.05, 0.1) is 13.7 Å². The van der Waals surface area contributed by atoms with Crippen LogP contribution in [0.5, 0.6) is 5.75 Å². The molecule has 3 aromatic carbocycles. The minimum Gasteiger partial charge on any atom is -0.497 e. The normalized spacial score (nSPS) is 12.9. The van der Waals surface area contributed by atoms with E-state index < -0.39 is 5.60 Å². The highest BCUT2D eigenvalue weighted by molar-refractivity contribution is 6.29. The standard InChI is InChI=1S/C27H24ClNO2/c1-20-8-11-23(12-9-20)27(22-6-4-3-5-7-22,24-13-15-25(30-2)16-14-24)31-19-21-10-17-26(28)29-18-21/h3-18H,19H2,1-2H3. The Hall–Kier alpha value is -3.14. The van der Waals surface area contributed by atoms with Crippen LogP contribution < -0.4 is 4.74 Å². The van der Waals surface area contributed by atoms with Crippen LogP contribution in [0, 0.1) is 6.92 Å². The number of aromatic nitrogens is 1. The third kappa shape index (κ3) is 4.48. The Bertz CT molecular complexity index is 1110. The molecule has 4 rings (SSSR count). The van der Waals surface area contributed by atoms with Crippen LogP contribution in [0.4, 0.5) is 0 Å². The number of benzene rings is 3. The molecule has 4 aromatic rings. The summed E-state index contributed by atoms with van der Waals surface area (Å²) in [5.74, 6) is 0.802. The SMILES string of the molecule is COc1ccc(C(OCc2ccc(Cl)nc2)(c2ccccc2)c2ccc(C)cc2)cc1. The van der Waals surface area contributed by atoms with Crippen molar-refractivity contribution in [3.63, 3.8) is 0 Å². The van der Waals surface area contributed by atoms with Crippen LogP contribution in [0.15, 0.2) is 97.2 Å². The molecule has 3 nitrogen and oxygen atoms in total. The summed E-state index contributed by atoms with van der Waals surface area (Å²) >= 11 is 5.97. The molecule has 0 saturated carbocycles. The lowest BCUT2D eigenvalue weighted by atomic mass is 9.79. The second-order valence-electron chi connectivity index (χ2n) is 7.42. The van der Waals surface area contributed by atoms with E-state index in [0.717, 1.165) is 28.0 Å². The highest BCUT2D eigenvalue weighted by Crippen LogP contribution is 2.41. The minimum absolute atomic E-state index is 0.374. The fourth-order valence-electron chi connectivity index (χ4n) is 3.72. The first-order chi connectivity index (χ1) is 15.1. The van der Waals surface area contributed by atoms with Crippen molar-refractivity contribution >= 4 is 11.6 Å². The highest BCUT2D eigenvalue weighted by atomic mass is 35.5. The van der Waals surface area contributed by atoms with E-state index in [-0.39, 0.29) is 0 Å². The Balaban J connectivity index is 1.88. The number of halogens is 1. The van der Waals surface area contributed by atoms with E-state index in [0.29, 0.717) is 11.8 Å². The molecular formula is C27H24ClNO2. The van der Waals surface area contributed by atoms with E-state index >= 15 is 0 Å². The Morgan fingerprint density at radius 2 is 1.39 bits per heavy atom. The summed E-state index contributed by atoms with van der Waals surface area (Å²) < 4.78 is 12.2. The zero-order chi connectivity index (χ0) is 21.7. The number of methoxy groups -OCH3 is 1. The molecule has 4 heteroatoms.